The lowest BCUT2D eigenvalue weighted by molar-refractivity contribution is 0.0474. The largest absolute Gasteiger partial charge is 0.454 e. The van der Waals surface area contributed by atoms with Crippen LogP contribution in [0.25, 0.3) is 5.69 Å². The van der Waals surface area contributed by atoms with Crippen LogP contribution in [0.5, 0.6) is 0 Å². The lowest BCUT2D eigenvalue weighted by Crippen LogP contribution is -2.15. The van der Waals surface area contributed by atoms with E-state index in [1.165, 1.54) is 23.9 Å². The Hall–Kier alpha value is -2.59. The highest BCUT2D eigenvalue weighted by atomic mass is 35.5. The molecule has 0 aliphatic rings. The van der Waals surface area contributed by atoms with Gasteiger partial charge in [0.05, 0.1) is 15.5 Å². The fraction of sp³-hybridized carbons (Fsp3) is 0.182. The maximum absolute atomic E-state index is 12.8. The molecule has 0 saturated heterocycles. The highest BCUT2D eigenvalue weighted by Crippen LogP contribution is 2.25. The average Bonchev–Trinajstić information content (AvgIpc) is 3.05. The summed E-state index contributed by atoms with van der Waals surface area (Å²) in [5.41, 5.74) is 2.66. The van der Waals surface area contributed by atoms with Crippen LogP contribution in [0.2, 0.25) is 5.02 Å². The van der Waals surface area contributed by atoms with Crippen molar-refractivity contribution in [1.29, 1.82) is 0 Å². The lowest BCUT2D eigenvalue weighted by atomic mass is 10.1. The van der Waals surface area contributed by atoms with Gasteiger partial charge in [-0.15, -0.1) is 11.8 Å². The standard InChI is InChI=1S/C22H21ClN2O5S2/c1-13-10-18(14(2)25(13)15-4-7-17(8-5-15)32(24,28)29)21(26)12-30-22(27)19-11-16(31-3)6-9-20(19)23/h4-11H,12H2,1-3H3,(H2,24,28,29). The summed E-state index contributed by atoms with van der Waals surface area (Å²) in [7, 11) is -3.80. The van der Waals surface area contributed by atoms with E-state index in [0.29, 0.717) is 16.9 Å². The first-order valence-electron chi connectivity index (χ1n) is 9.39. The van der Waals surface area contributed by atoms with Crippen molar-refractivity contribution in [2.45, 2.75) is 23.6 Å². The number of hydrogen-bond acceptors (Lipinski definition) is 6. The van der Waals surface area contributed by atoms with Gasteiger partial charge in [0.1, 0.15) is 0 Å². The molecule has 1 heterocycles. The van der Waals surface area contributed by atoms with Crippen LogP contribution in [0.3, 0.4) is 0 Å². The van der Waals surface area contributed by atoms with E-state index in [0.717, 1.165) is 10.6 Å². The van der Waals surface area contributed by atoms with Gasteiger partial charge in [-0.05, 0) is 68.6 Å². The number of nitrogens with zero attached hydrogens (tertiary/aromatic N) is 1. The average molecular weight is 493 g/mol. The van der Waals surface area contributed by atoms with E-state index in [9.17, 15) is 18.0 Å². The van der Waals surface area contributed by atoms with Crippen molar-refractivity contribution in [3.05, 3.63) is 76.1 Å². The second-order valence-corrected chi connectivity index (χ2v) is 9.85. The molecule has 0 bridgehead atoms. The summed E-state index contributed by atoms with van der Waals surface area (Å²) in [6.45, 7) is 3.14. The summed E-state index contributed by atoms with van der Waals surface area (Å²) >= 11 is 7.55. The summed E-state index contributed by atoms with van der Waals surface area (Å²) in [6, 6.07) is 12.7. The zero-order chi connectivity index (χ0) is 23.6. The number of Topliss-reactive ketones (excluding diaryl/α,β-unsaturated/α-hetero) is 1. The number of primary sulfonamides is 1. The molecule has 2 N–H and O–H groups in total. The first-order valence-corrected chi connectivity index (χ1v) is 12.5. The molecule has 7 nitrogen and oxygen atoms in total. The second kappa shape index (κ2) is 9.50. The molecule has 0 saturated carbocycles. The van der Waals surface area contributed by atoms with Crippen molar-refractivity contribution in [3.63, 3.8) is 0 Å². The summed E-state index contributed by atoms with van der Waals surface area (Å²) < 4.78 is 30.0. The zero-order valence-corrected chi connectivity index (χ0v) is 20.0. The summed E-state index contributed by atoms with van der Waals surface area (Å²) in [5, 5.41) is 5.40. The van der Waals surface area contributed by atoms with Crippen LogP contribution in [-0.4, -0.2) is 37.6 Å². The van der Waals surface area contributed by atoms with Gasteiger partial charge in [0.15, 0.2) is 6.61 Å². The predicted octanol–water partition coefficient (Wildman–Crippen LogP) is 4.16. The van der Waals surface area contributed by atoms with Crippen molar-refractivity contribution in [1.82, 2.24) is 4.57 Å². The molecular formula is C22H21ClN2O5S2. The van der Waals surface area contributed by atoms with Crippen LogP contribution in [0.1, 0.15) is 32.1 Å². The molecule has 0 aliphatic carbocycles. The van der Waals surface area contributed by atoms with Gasteiger partial charge in [0.2, 0.25) is 15.8 Å². The Kier molecular flexibility index (Phi) is 7.14. The topological polar surface area (TPSA) is 108 Å². The first-order chi connectivity index (χ1) is 15.0. The van der Waals surface area contributed by atoms with E-state index >= 15 is 0 Å². The van der Waals surface area contributed by atoms with E-state index < -0.39 is 22.6 Å². The third-order valence-corrected chi connectivity index (χ3v) is 6.87. The minimum atomic E-state index is -3.80. The number of rotatable bonds is 7. The Morgan fingerprint density at radius 1 is 1.06 bits per heavy atom. The molecule has 3 aromatic rings. The number of ether oxygens (including phenoxy) is 1. The molecule has 0 radical (unpaired) electrons. The van der Waals surface area contributed by atoms with Crippen LogP contribution in [-0.2, 0) is 14.8 Å². The third-order valence-electron chi connectivity index (χ3n) is 4.88. The van der Waals surface area contributed by atoms with E-state index in [2.05, 4.69) is 0 Å². The minimum absolute atomic E-state index is 0.00359. The monoisotopic (exact) mass is 492 g/mol. The van der Waals surface area contributed by atoms with Crippen molar-refractivity contribution < 1.29 is 22.7 Å². The number of sulfonamides is 1. The highest BCUT2D eigenvalue weighted by molar-refractivity contribution is 7.98. The normalized spacial score (nSPS) is 11.4. The number of aryl methyl sites for hydroxylation is 1. The lowest BCUT2D eigenvalue weighted by Gasteiger charge is -2.11. The molecule has 1 aromatic heterocycles. The Balaban J connectivity index is 1.79. The van der Waals surface area contributed by atoms with Gasteiger partial charge in [-0.25, -0.2) is 18.4 Å². The zero-order valence-electron chi connectivity index (χ0n) is 17.6. The van der Waals surface area contributed by atoms with E-state index in [1.807, 2.05) is 13.2 Å². The maximum Gasteiger partial charge on any atom is 0.340 e. The molecular weight excluding hydrogens is 472 g/mol. The highest BCUT2D eigenvalue weighted by Gasteiger charge is 2.20. The van der Waals surface area contributed by atoms with E-state index in [-0.39, 0.29) is 21.3 Å². The number of halogens is 1. The number of hydrogen-bond donors (Lipinski definition) is 1. The van der Waals surface area contributed by atoms with Gasteiger partial charge in [0, 0.05) is 27.5 Å². The number of ketones is 1. The summed E-state index contributed by atoms with van der Waals surface area (Å²) in [4.78, 5) is 26.0. The predicted molar refractivity (Wildman–Crippen MR) is 124 cm³/mol. The van der Waals surface area contributed by atoms with Gasteiger partial charge in [-0.1, -0.05) is 11.6 Å². The van der Waals surface area contributed by atoms with Crippen molar-refractivity contribution >= 4 is 45.1 Å². The van der Waals surface area contributed by atoms with Crippen molar-refractivity contribution in [2.24, 2.45) is 5.14 Å². The maximum atomic E-state index is 12.8. The van der Waals surface area contributed by atoms with E-state index in [1.54, 1.807) is 47.9 Å². The Bertz CT molecular complexity index is 1300. The smallest absolute Gasteiger partial charge is 0.340 e. The summed E-state index contributed by atoms with van der Waals surface area (Å²) in [5.74, 6) is -1.04. The molecule has 0 fully saturated rings. The molecule has 168 valence electrons. The molecule has 0 atom stereocenters. The molecule has 10 heteroatoms. The number of nitrogens with two attached hydrogens (primary N) is 1. The van der Waals surface area contributed by atoms with Gasteiger partial charge >= 0.3 is 5.97 Å². The molecule has 0 amide bonds. The van der Waals surface area contributed by atoms with Crippen LogP contribution in [0.4, 0.5) is 0 Å². The van der Waals surface area contributed by atoms with Crippen LogP contribution in [0.15, 0.2) is 58.3 Å². The number of esters is 1. The first kappa shape index (κ1) is 24.1. The molecule has 0 aliphatic heterocycles. The number of thioether (sulfide) groups is 1. The summed E-state index contributed by atoms with van der Waals surface area (Å²) in [6.07, 6.45) is 1.88. The Morgan fingerprint density at radius 2 is 1.72 bits per heavy atom. The second-order valence-electron chi connectivity index (χ2n) is 7.00. The number of carbonyl (C=O) groups excluding carboxylic acids is 2. The Morgan fingerprint density at radius 3 is 2.31 bits per heavy atom. The van der Waals surface area contributed by atoms with Gasteiger partial charge in [-0.2, -0.15) is 0 Å². The van der Waals surface area contributed by atoms with Crippen LogP contribution >= 0.6 is 23.4 Å². The quantitative estimate of drug-likeness (QED) is 0.301. The fourth-order valence-corrected chi connectivity index (χ4v) is 4.45. The molecule has 0 unspecified atom stereocenters. The number of aromatic nitrogens is 1. The van der Waals surface area contributed by atoms with Gasteiger partial charge in [0.25, 0.3) is 0 Å². The number of carbonyl (C=O) groups is 2. The van der Waals surface area contributed by atoms with Crippen LogP contribution in [0, 0.1) is 13.8 Å². The van der Waals surface area contributed by atoms with Crippen molar-refractivity contribution in [2.75, 3.05) is 12.9 Å². The minimum Gasteiger partial charge on any atom is -0.454 e. The molecule has 2 aromatic carbocycles. The molecule has 0 spiro atoms. The van der Waals surface area contributed by atoms with Gasteiger partial charge < -0.3 is 9.30 Å². The SMILES string of the molecule is CSc1ccc(Cl)c(C(=O)OCC(=O)c2cc(C)n(-c3ccc(S(N)(=O)=O)cc3)c2C)c1. The van der Waals surface area contributed by atoms with Crippen LogP contribution < -0.4 is 5.14 Å². The van der Waals surface area contributed by atoms with E-state index in [4.69, 9.17) is 21.5 Å². The third kappa shape index (κ3) is 5.07. The fourth-order valence-electron chi connectivity index (χ4n) is 3.30. The van der Waals surface area contributed by atoms with Crippen molar-refractivity contribution in [3.8, 4) is 5.69 Å². The molecule has 32 heavy (non-hydrogen) atoms. The Labute approximate surface area is 195 Å². The number of benzene rings is 2. The van der Waals surface area contributed by atoms with Gasteiger partial charge in [-0.3, -0.25) is 4.79 Å². The molecule has 3 rings (SSSR count).